The first kappa shape index (κ1) is 21.4. The second-order valence-electron chi connectivity index (χ2n) is 6.13. The summed E-state index contributed by atoms with van der Waals surface area (Å²) in [6, 6.07) is 17.3. The first-order chi connectivity index (χ1) is 14.2. The van der Waals surface area contributed by atoms with Crippen LogP contribution in [0.2, 0.25) is 0 Å². The van der Waals surface area contributed by atoms with Gasteiger partial charge in [-0.1, -0.05) is 42.1 Å². The van der Waals surface area contributed by atoms with Gasteiger partial charge in [0.25, 0.3) is 5.69 Å². The fraction of sp³-hybridized carbons (Fsp3) is 0.0952. The molecule has 0 aliphatic carbocycles. The molecule has 0 aliphatic rings. The molecule has 0 spiro atoms. The van der Waals surface area contributed by atoms with Crippen molar-refractivity contribution in [2.45, 2.75) is 22.6 Å². The lowest BCUT2D eigenvalue weighted by molar-refractivity contribution is -0.387. The van der Waals surface area contributed by atoms with Crippen molar-refractivity contribution in [2.24, 2.45) is 0 Å². The van der Waals surface area contributed by atoms with Gasteiger partial charge in [0, 0.05) is 11.0 Å². The Bertz CT molecular complexity index is 1070. The van der Waals surface area contributed by atoms with Crippen molar-refractivity contribution in [3.63, 3.8) is 0 Å². The van der Waals surface area contributed by atoms with E-state index in [1.54, 1.807) is 24.3 Å². The van der Waals surface area contributed by atoms with Crippen LogP contribution in [0.5, 0.6) is 0 Å². The van der Waals surface area contributed by atoms with E-state index in [0.717, 1.165) is 23.1 Å². The van der Waals surface area contributed by atoms with Gasteiger partial charge in [0.2, 0.25) is 0 Å². The maximum Gasteiger partial charge on any atom is 0.416 e. The summed E-state index contributed by atoms with van der Waals surface area (Å²) in [5.74, 6) is -0.869. The molecular formula is C21H14F3NO4S. The van der Waals surface area contributed by atoms with Crippen LogP contribution in [-0.2, 0) is 17.5 Å². The number of rotatable bonds is 6. The molecule has 9 heteroatoms. The van der Waals surface area contributed by atoms with Crippen LogP contribution >= 0.6 is 11.8 Å². The minimum Gasteiger partial charge on any atom is -0.457 e. The monoisotopic (exact) mass is 433 g/mol. The summed E-state index contributed by atoms with van der Waals surface area (Å²) >= 11 is 1.18. The Balaban J connectivity index is 1.75. The van der Waals surface area contributed by atoms with Crippen molar-refractivity contribution >= 4 is 23.4 Å². The topological polar surface area (TPSA) is 69.4 Å². The summed E-state index contributed by atoms with van der Waals surface area (Å²) in [6.07, 6.45) is -4.51. The fourth-order valence-corrected chi connectivity index (χ4v) is 3.48. The standard InChI is InChI=1S/C21H14F3NO4S/c22-21(23,24)16-6-4-5-14(11-16)13-29-20(26)15-9-10-19(18(12-15)25(27)28)30-17-7-2-1-3-8-17/h1-12H,13H2. The average molecular weight is 433 g/mol. The van der Waals surface area contributed by atoms with Gasteiger partial charge in [0.05, 0.1) is 20.9 Å². The van der Waals surface area contributed by atoms with Gasteiger partial charge in [-0.3, -0.25) is 10.1 Å². The lowest BCUT2D eigenvalue weighted by Gasteiger charge is -2.10. The Morgan fingerprint density at radius 1 is 1.00 bits per heavy atom. The van der Waals surface area contributed by atoms with Crippen molar-refractivity contribution in [1.82, 2.24) is 0 Å². The minimum atomic E-state index is -4.51. The van der Waals surface area contributed by atoms with Gasteiger partial charge in [0.1, 0.15) is 6.61 Å². The lowest BCUT2D eigenvalue weighted by atomic mass is 10.1. The van der Waals surface area contributed by atoms with Crippen LogP contribution < -0.4 is 0 Å². The molecule has 5 nitrogen and oxygen atoms in total. The molecule has 0 bridgehead atoms. The molecule has 154 valence electrons. The molecule has 0 atom stereocenters. The Hall–Kier alpha value is -3.33. The number of nitro groups is 1. The van der Waals surface area contributed by atoms with Crippen LogP contribution in [0.4, 0.5) is 18.9 Å². The number of ether oxygens (including phenoxy) is 1. The third kappa shape index (κ3) is 5.38. The lowest BCUT2D eigenvalue weighted by Crippen LogP contribution is -2.08. The van der Waals surface area contributed by atoms with Crippen LogP contribution in [0.3, 0.4) is 0 Å². The van der Waals surface area contributed by atoms with E-state index < -0.39 is 29.2 Å². The number of benzene rings is 3. The van der Waals surface area contributed by atoms with Crippen molar-refractivity contribution in [1.29, 1.82) is 0 Å². The molecule has 30 heavy (non-hydrogen) atoms. The molecule has 0 saturated heterocycles. The second kappa shape index (κ2) is 9.00. The number of carbonyl (C=O) groups excluding carboxylic acids is 1. The predicted octanol–water partition coefficient (Wildman–Crippen LogP) is 6.12. The van der Waals surface area contributed by atoms with Crippen LogP contribution in [0.1, 0.15) is 21.5 Å². The number of nitrogens with zero attached hydrogens (tertiary/aromatic N) is 1. The quantitative estimate of drug-likeness (QED) is 0.266. The van der Waals surface area contributed by atoms with Crippen molar-refractivity contribution in [2.75, 3.05) is 0 Å². The summed E-state index contributed by atoms with van der Waals surface area (Å²) in [7, 11) is 0. The molecule has 0 amide bonds. The summed E-state index contributed by atoms with van der Waals surface area (Å²) in [5.41, 5.74) is -1.03. The molecule has 0 saturated carbocycles. The summed E-state index contributed by atoms with van der Waals surface area (Å²) in [6.45, 7) is -0.392. The van der Waals surface area contributed by atoms with Crippen molar-refractivity contribution < 1.29 is 27.6 Å². The van der Waals surface area contributed by atoms with Crippen LogP contribution in [0.15, 0.2) is 82.6 Å². The van der Waals surface area contributed by atoms with E-state index in [0.29, 0.717) is 4.90 Å². The van der Waals surface area contributed by atoms with Gasteiger partial charge in [-0.25, -0.2) is 4.79 Å². The molecule has 0 fully saturated rings. The van der Waals surface area contributed by atoms with Crippen LogP contribution in [-0.4, -0.2) is 10.9 Å². The minimum absolute atomic E-state index is 0.0638. The molecule has 0 N–H and O–H groups in total. The smallest absolute Gasteiger partial charge is 0.416 e. The molecular weight excluding hydrogens is 419 g/mol. The molecule has 0 aromatic heterocycles. The van der Waals surface area contributed by atoms with E-state index in [1.807, 2.05) is 6.07 Å². The first-order valence-corrected chi connectivity index (χ1v) is 9.40. The normalized spacial score (nSPS) is 11.2. The Morgan fingerprint density at radius 3 is 2.40 bits per heavy atom. The van der Waals surface area contributed by atoms with E-state index in [4.69, 9.17) is 4.74 Å². The zero-order chi connectivity index (χ0) is 21.7. The van der Waals surface area contributed by atoms with Gasteiger partial charge in [0.15, 0.2) is 0 Å². The third-order valence-corrected chi connectivity index (χ3v) is 5.06. The molecule has 3 aromatic rings. The van der Waals surface area contributed by atoms with Crippen LogP contribution in [0.25, 0.3) is 0 Å². The highest BCUT2D eigenvalue weighted by Crippen LogP contribution is 2.35. The van der Waals surface area contributed by atoms with Gasteiger partial charge < -0.3 is 4.74 Å². The summed E-state index contributed by atoms with van der Waals surface area (Å²) in [4.78, 5) is 24.2. The maximum absolute atomic E-state index is 12.8. The maximum atomic E-state index is 12.8. The fourth-order valence-electron chi connectivity index (χ4n) is 2.56. The van der Waals surface area contributed by atoms with Crippen molar-refractivity contribution in [3.8, 4) is 0 Å². The number of esters is 1. The number of alkyl halides is 3. The number of hydrogen-bond acceptors (Lipinski definition) is 5. The Morgan fingerprint density at radius 2 is 1.73 bits per heavy atom. The van der Waals surface area contributed by atoms with E-state index in [-0.39, 0.29) is 16.8 Å². The van der Waals surface area contributed by atoms with Crippen molar-refractivity contribution in [3.05, 3.63) is 99.6 Å². The molecule has 3 aromatic carbocycles. The second-order valence-corrected chi connectivity index (χ2v) is 7.24. The first-order valence-electron chi connectivity index (χ1n) is 8.58. The molecule has 3 rings (SSSR count). The Labute approximate surface area is 173 Å². The van der Waals surface area contributed by atoms with Gasteiger partial charge in [-0.15, -0.1) is 0 Å². The summed E-state index contributed by atoms with van der Waals surface area (Å²) in [5, 5.41) is 11.4. The highest BCUT2D eigenvalue weighted by Gasteiger charge is 2.30. The zero-order valence-electron chi connectivity index (χ0n) is 15.3. The molecule has 0 radical (unpaired) electrons. The number of carbonyl (C=O) groups is 1. The van der Waals surface area contributed by atoms with E-state index in [1.165, 1.54) is 36.0 Å². The highest BCUT2D eigenvalue weighted by atomic mass is 32.2. The largest absolute Gasteiger partial charge is 0.457 e. The van der Waals surface area contributed by atoms with Gasteiger partial charge in [-0.05, 0) is 42.0 Å². The average Bonchev–Trinajstić information content (AvgIpc) is 2.72. The molecule has 0 unspecified atom stereocenters. The molecule has 0 heterocycles. The predicted molar refractivity (Wildman–Crippen MR) is 104 cm³/mol. The number of hydrogen-bond donors (Lipinski definition) is 0. The third-order valence-electron chi connectivity index (χ3n) is 3.99. The van der Waals surface area contributed by atoms with E-state index >= 15 is 0 Å². The summed E-state index contributed by atoms with van der Waals surface area (Å²) < 4.78 is 43.4. The number of nitro benzene ring substituents is 1. The van der Waals surface area contributed by atoms with E-state index in [9.17, 15) is 28.1 Å². The Kier molecular flexibility index (Phi) is 6.41. The zero-order valence-corrected chi connectivity index (χ0v) is 16.1. The number of halogens is 3. The van der Waals surface area contributed by atoms with Gasteiger partial charge >= 0.3 is 12.1 Å². The SMILES string of the molecule is O=C(OCc1cccc(C(F)(F)F)c1)c1ccc(Sc2ccccc2)c([N+](=O)[O-])c1. The van der Waals surface area contributed by atoms with Gasteiger partial charge in [-0.2, -0.15) is 13.2 Å². The van der Waals surface area contributed by atoms with Crippen LogP contribution in [0, 0.1) is 10.1 Å². The molecule has 0 aliphatic heterocycles. The van der Waals surface area contributed by atoms with E-state index in [2.05, 4.69) is 0 Å². The highest BCUT2D eigenvalue weighted by molar-refractivity contribution is 7.99.